The van der Waals surface area contributed by atoms with Gasteiger partial charge >= 0.3 is 0 Å². The summed E-state index contributed by atoms with van der Waals surface area (Å²) in [6, 6.07) is 0. The van der Waals surface area contributed by atoms with Gasteiger partial charge in [-0.15, -0.1) is 0 Å². The second-order valence-corrected chi connectivity index (χ2v) is 6.15. The summed E-state index contributed by atoms with van der Waals surface area (Å²) in [5, 5.41) is 4.25. The molecule has 2 aliphatic rings. The molecule has 6 nitrogen and oxygen atoms in total. The van der Waals surface area contributed by atoms with E-state index in [1.165, 1.54) is 0 Å². The van der Waals surface area contributed by atoms with Gasteiger partial charge in [0.15, 0.2) is 0 Å². The largest absolute Gasteiger partial charge is 0.381 e. The van der Waals surface area contributed by atoms with Crippen LogP contribution < -0.4 is 5.73 Å². The summed E-state index contributed by atoms with van der Waals surface area (Å²) >= 11 is 0. The molecule has 0 atom stereocenters. The molecular weight excluding hydrogens is 270 g/mol. The highest BCUT2D eigenvalue weighted by Gasteiger charge is 2.44. The maximum Gasteiger partial charge on any atom is 0.234 e. The van der Waals surface area contributed by atoms with Crippen LogP contribution in [-0.2, 0) is 20.5 Å². The van der Waals surface area contributed by atoms with E-state index >= 15 is 0 Å². The van der Waals surface area contributed by atoms with E-state index in [1.54, 1.807) is 0 Å². The molecule has 6 heteroatoms. The number of rotatable bonds is 5. The first-order valence-electron chi connectivity index (χ1n) is 8.01. The summed E-state index contributed by atoms with van der Waals surface area (Å²) < 4.78 is 17.1. The standard InChI is InChI=1S/C15H25N3O3/c1-2-20-15(5-3-4-6-15)12-17-13(21-18-12)14(11-16)7-9-19-10-8-14/h2-11,16H2,1H3. The zero-order chi connectivity index (χ0) is 14.8. The second kappa shape index (κ2) is 6.02. The van der Waals surface area contributed by atoms with E-state index < -0.39 is 0 Å². The van der Waals surface area contributed by atoms with Gasteiger partial charge in [0, 0.05) is 26.4 Å². The molecular formula is C15H25N3O3. The maximum atomic E-state index is 6.01. The molecule has 1 aliphatic heterocycles. The Balaban J connectivity index is 1.88. The predicted octanol–water partition coefficient (Wildman–Crippen LogP) is 1.88. The van der Waals surface area contributed by atoms with Crippen LogP contribution in [0.15, 0.2) is 4.52 Å². The van der Waals surface area contributed by atoms with Crippen molar-refractivity contribution < 1.29 is 14.0 Å². The molecule has 0 bridgehead atoms. The molecule has 0 radical (unpaired) electrons. The van der Waals surface area contributed by atoms with E-state index in [2.05, 4.69) is 5.16 Å². The first-order valence-corrected chi connectivity index (χ1v) is 8.01. The van der Waals surface area contributed by atoms with Crippen molar-refractivity contribution in [1.29, 1.82) is 0 Å². The molecule has 0 amide bonds. The molecule has 1 aromatic rings. The van der Waals surface area contributed by atoms with Crippen LogP contribution in [-0.4, -0.2) is 36.5 Å². The SMILES string of the molecule is CCOC1(c2noc(C3(CN)CCOCC3)n2)CCCC1. The van der Waals surface area contributed by atoms with Crippen LogP contribution in [0.25, 0.3) is 0 Å². The Hall–Kier alpha value is -0.980. The lowest BCUT2D eigenvalue weighted by atomic mass is 9.80. The van der Waals surface area contributed by atoms with Crippen molar-refractivity contribution in [2.45, 2.75) is 56.5 Å². The van der Waals surface area contributed by atoms with Crippen LogP contribution in [0.1, 0.15) is 57.2 Å². The normalized spacial score (nSPS) is 24.3. The van der Waals surface area contributed by atoms with Crippen molar-refractivity contribution in [2.24, 2.45) is 5.73 Å². The molecule has 118 valence electrons. The first-order chi connectivity index (χ1) is 10.2. The van der Waals surface area contributed by atoms with Crippen LogP contribution in [0.4, 0.5) is 0 Å². The van der Waals surface area contributed by atoms with Gasteiger partial charge in [-0.05, 0) is 45.4 Å². The Morgan fingerprint density at radius 2 is 1.90 bits per heavy atom. The number of hydrogen-bond donors (Lipinski definition) is 1. The zero-order valence-corrected chi connectivity index (χ0v) is 12.8. The summed E-state index contributed by atoms with van der Waals surface area (Å²) in [4.78, 5) is 4.71. The van der Waals surface area contributed by atoms with Gasteiger partial charge in [-0.1, -0.05) is 5.16 Å². The Kier molecular flexibility index (Phi) is 4.28. The Morgan fingerprint density at radius 1 is 1.19 bits per heavy atom. The number of hydrogen-bond acceptors (Lipinski definition) is 6. The Morgan fingerprint density at radius 3 is 2.52 bits per heavy atom. The third-order valence-electron chi connectivity index (χ3n) is 4.96. The van der Waals surface area contributed by atoms with Crippen LogP contribution in [0.2, 0.25) is 0 Å². The fourth-order valence-electron chi connectivity index (χ4n) is 3.55. The molecule has 1 saturated carbocycles. The Labute approximate surface area is 125 Å². The number of nitrogens with zero attached hydrogens (tertiary/aromatic N) is 2. The average Bonchev–Trinajstić information content (AvgIpc) is 3.18. The Bertz CT molecular complexity index is 443. The van der Waals surface area contributed by atoms with Crippen LogP contribution in [0.3, 0.4) is 0 Å². The third kappa shape index (κ3) is 2.60. The van der Waals surface area contributed by atoms with Gasteiger partial charge in [-0.25, -0.2) is 0 Å². The average molecular weight is 295 g/mol. The molecule has 1 saturated heterocycles. The number of aromatic nitrogens is 2. The van der Waals surface area contributed by atoms with Crippen LogP contribution >= 0.6 is 0 Å². The predicted molar refractivity (Wildman–Crippen MR) is 76.9 cm³/mol. The molecule has 1 aromatic heterocycles. The second-order valence-electron chi connectivity index (χ2n) is 6.15. The molecule has 3 rings (SSSR count). The van der Waals surface area contributed by atoms with Crippen LogP contribution in [0.5, 0.6) is 0 Å². The summed E-state index contributed by atoms with van der Waals surface area (Å²) in [5.74, 6) is 1.37. The van der Waals surface area contributed by atoms with Crippen LogP contribution in [0, 0.1) is 0 Å². The smallest absolute Gasteiger partial charge is 0.234 e. The molecule has 2 N–H and O–H groups in total. The minimum atomic E-state index is -0.350. The summed E-state index contributed by atoms with van der Waals surface area (Å²) in [6.07, 6.45) is 5.93. The van der Waals surface area contributed by atoms with Crippen molar-refractivity contribution >= 4 is 0 Å². The molecule has 21 heavy (non-hydrogen) atoms. The molecule has 0 unspecified atom stereocenters. The van der Waals surface area contributed by atoms with E-state index in [1.807, 2.05) is 6.92 Å². The maximum absolute atomic E-state index is 6.01. The van der Waals surface area contributed by atoms with E-state index in [0.29, 0.717) is 38.1 Å². The molecule has 1 aliphatic carbocycles. The number of nitrogens with two attached hydrogens (primary N) is 1. The molecule has 2 heterocycles. The fourth-order valence-corrected chi connectivity index (χ4v) is 3.55. The summed E-state index contributed by atoms with van der Waals surface area (Å²) in [7, 11) is 0. The van der Waals surface area contributed by atoms with Crippen molar-refractivity contribution in [3.8, 4) is 0 Å². The fraction of sp³-hybridized carbons (Fsp3) is 0.867. The zero-order valence-electron chi connectivity index (χ0n) is 12.8. The third-order valence-corrected chi connectivity index (χ3v) is 4.96. The number of ether oxygens (including phenoxy) is 2. The van der Waals surface area contributed by atoms with E-state index in [4.69, 9.17) is 24.7 Å². The minimum Gasteiger partial charge on any atom is -0.381 e. The summed E-state index contributed by atoms with van der Waals surface area (Å²) in [6.45, 7) is 4.59. The van der Waals surface area contributed by atoms with Gasteiger partial charge in [0.1, 0.15) is 5.60 Å². The van der Waals surface area contributed by atoms with E-state index in [9.17, 15) is 0 Å². The van der Waals surface area contributed by atoms with Gasteiger partial charge < -0.3 is 19.7 Å². The molecule has 2 fully saturated rings. The summed E-state index contributed by atoms with van der Waals surface area (Å²) in [5.41, 5.74) is 5.43. The van der Waals surface area contributed by atoms with Gasteiger partial charge in [0.25, 0.3) is 0 Å². The van der Waals surface area contributed by atoms with Gasteiger partial charge in [0.2, 0.25) is 11.7 Å². The molecule has 0 spiro atoms. The highest BCUT2D eigenvalue weighted by molar-refractivity contribution is 5.12. The topological polar surface area (TPSA) is 83.4 Å². The first kappa shape index (κ1) is 14.9. The van der Waals surface area contributed by atoms with Crippen molar-refractivity contribution in [1.82, 2.24) is 10.1 Å². The van der Waals surface area contributed by atoms with Crippen molar-refractivity contribution in [3.63, 3.8) is 0 Å². The lowest BCUT2D eigenvalue weighted by molar-refractivity contribution is -0.0469. The van der Waals surface area contributed by atoms with Crippen molar-refractivity contribution in [3.05, 3.63) is 11.7 Å². The van der Waals surface area contributed by atoms with Crippen molar-refractivity contribution in [2.75, 3.05) is 26.4 Å². The van der Waals surface area contributed by atoms with E-state index in [0.717, 1.165) is 38.5 Å². The quantitative estimate of drug-likeness (QED) is 0.893. The van der Waals surface area contributed by atoms with Gasteiger partial charge in [0.05, 0.1) is 5.41 Å². The van der Waals surface area contributed by atoms with E-state index in [-0.39, 0.29) is 11.0 Å². The molecule has 0 aromatic carbocycles. The lowest BCUT2D eigenvalue weighted by Gasteiger charge is -2.32. The van der Waals surface area contributed by atoms with Gasteiger partial charge in [-0.3, -0.25) is 0 Å². The monoisotopic (exact) mass is 295 g/mol. The minimum absolute atomic E-state index is 0.227. The highest BCUT2D eigenvalue weighted by Crippen LogP contribution is 2.42. The highest BCUT2D eigenvalue weighted by atomic mass is 16.5. The lowest BCUT2D eigenvalue weighted by Crippen LogP contribution is -2.41. The van der Waals surface area contributed by atoms with Gasteiger partial charge in [-0.2, -0.15) is 4.98 Å².